The Balaban J connectivity index is 2.26. The van der Waals surface area contributed by atoms with Gasteiger partial charge < -0.3 is 10.6 Å². The van der Waals surface area contributed by atoms with Gasteiger partial charge in [-0.1, -0.05) is 24.3 Å². The van der Waals surface area contributed by atoms with Gasteiger partial charge in [0.25, 0.3) is 0 Å². The van der Waals surface area contributed by atoms with E-state index in [1.54, 1.807) is 54.6 Å². The van der Waals surface area contributed by atoms with Crippen molar-refractivity contribution in [1.82, 2.24) is 0 Å². The van der Waals surface area contributed by atoms with Crippen molar-refractivity contribution < 1.29 is 4.39 Å². The molecule has 0 bridgehead atoms. The number of rotatable bonds is 4. The third kappa shape index (κ3) is 3.59. The van der Waals surface area contributed by atoms with Crippen molar-refractivity contribution >= 4 is 17.1 Å². The fourth-order valence-corrected chi connectivity index (χ4v) is 1.67. The molecule has 0 aliphatic rings. The van der Waals surface area contributed by atoms with Gasteiger partial charge in [-0.15, -0.1) is 0 Å². The summed E-state index contributed by atoms with van der Waals surface area (Å²) in [5.41, 5.74) is 1.56. The van der Waals surface area contributed by atoms with Crippen LogP contribution in [0, 0.1) is 28.5 Å². The number of hydrogen-bond donors (Lipinski definition) is 2. The average molecular weight is 278 g/mol. The smallest absolute Gasteiger partial charge is 0.146 e. The van der Waals surface area contributed by atoms with Crippen LogP contribution >= 0.6 is 0 Å². The molecule has 102 valence electrons. The molecule has 2 rings (SSSR count). The molecule has 0 heterocycles. The zero-order valence-corrected chi connectivity index (χ0v) is 11.0. The molecular weight excluding hydrogens is 267 g/mol. The molecule has 4 nitrogen and oxygen atoms in total. The van der Waals surface area contributed by atoms with Gasteiger partial charge in [0.2, 0.25) is 0 Å². The van der Waals surface area contributed by atoms with E-state index in [2.05, 4.69) is 10.6 Å². The Morgan fingerprint density at radius 3 is 2.10 bits per heavy atom. The lowest BCUT2D eigenvalue weighted by Crippen LogP contribution is -1.98. The minimum atomic E-state index is -0.363. The van der Waals surface area contributed by atoms with Gasteiger partial charge in [0.05, 0.1) is 17.1 Å². The normalized spacial score (nSPS) is 9.10. The third-order valence-electron chi connectivity index (χ3n) is 2.68. The first-order chi connectivity index (χ1) is 10.2. The molecule has 2 aromatic rings. The van der Waals surface area contributed by atoms with Crippen LogP contribution in [0.5, 0.6) is 0 Å². The van der Waals surface area contributed by atoms with Gasteiger partial charge in [0.1, 0.15) is 23.5 Å². The lowest BCUT2D eigenvalue weighted by Gasteiger charge is -2.12. The maximum absolute atomic E-state index is 13.6. The summed E-state index contributed by atoms with van der Waals surface area (Å²) < 4.78 is 13.6. The highest BCUT2D eigenvalue weighted by molar-refractivity contribution is 5.75. The van der Waals surface area contributed by atoms with E-state index in [0.29, 0.717) is 17.1 Å². The highest BCUT2D eigenvalue weighted by atomic mass is 19.1. The molecule has 0 saturated heterocycles. The summed E-state index contributed by atoms with van der Waals surface area (Å²) in [6, 6.07) is 17.0. The Morgan fingerprint density at radius 2 is 1.48 bits per heavy atom. The molecule has 5 heteroatoms. The van der Waals surface area contributed by atoms with E-state index in [-0.39, 0.29) is 11.4 Å². The number of allylic oxidation sites excluding steroid dienone is 1. The second-order valence-corrected chi connectivity index (χ2v) is 4.08. The van der Waals surface area contributed by atoms with Crippen molar-refractivity contribution in [3.63, 3.8) is 0 Å². The molecule has 0 fully saturated rings. The summed E-state index contributed by atoms with van der Waals surface area (Å²) in [4.78, 5) is 0. The van der Waals surface area contributed by atoms with Crippen molar-refractivity contribution in [3.05, 3.63) is 66.1 Å². The van der Waals surface area contributed by atoms with Crippen LogP contribution in [0.2, 0.25) is 0 Å². The molecule has 2 N–H and O–H groups in total. The zero-order chi connectivity index (χ0) is 15.1. The topological polar surface area (TPSA) is 71.6 Å². The van der Waals surface area contributed by atoms with Crippen LogP contribution in [0.25, 0.3) is 0 Å². The van der Waals surface area contributed by atoms with Crippen LogP contribution < -0.4 is 10.6 Å². The molecule has 0 amide bonds. The van der Waals surface area contributed by atoms with Gasteiger partial charge in [-0.3, -0.25) is 0 Å². The van der Waals surface area contributed by atoms with E-state index in [1.165, 1.54) is 12.3 Å². The molecule has 0 spiro atoms. The molecular formula is C16H11FN4. The van der Waals surface area contributed by atoms with Crippen LogP contribution in [0.3, 0.4) is 0 Å². The summed E-state index contributed by atoms with van der Waals surface area (Å²) in [5, 5.41) is 23.2. The first-order valence-corrected chi connectivity index (χ1v) is 6.12. The first-order valence-electron chi connectivity index (χ1n) is 6.12. The number of benzene rings is 2. The molecule has 0 saturated carbocycles. The average Bonchev–Trinajstić information content (AvgIpc) is 2.52. The second-order valence-electron chi connectivity index (χ2n) is 4.08. The predicted octanol–water partition coefficient (Wildman–Crippen LogP) is 3.91. The third-order valence-corrected chi connectivity index (χ3v) is 2.68. The van der Waals surface area contributed by atoms with E-state index < -0.39 is 0 Å². The van der Waals surface area contributed by atoms with Crippen LogP contribution in [0.4, 0.5) is 21.5 Å². The number of para-hydroxylation sites is 3. The van der Waals surface area contributed by atoms with Gasteiger partial charge in [0.15, 0.2) is 0 Å². The lowest BCUT2D eigenvalue weighted by molar-refractivity contribution is 0.632. The highest BCUT2D eigenvalue weighted by Crippen LogP contribution is 2.26. The Kier molecular flexibility index (Phi) is 4.53. The van der Waals surface area contributed by atoms with Crippen molar-refractivity contribution in [2.45, 2.75) is 0 Å². The summed E-state index contributed by atoms with van der Waals surface area (Å²) in [6.45, 7) is 0. The molecule has 0 aliphatic heterocycles. The van der Waals surface area contributed by atoms with E-state index in [4.69, 9.17) is 10.5 Å². The molecule has 0 aliphatic carbocycles. The van der Waals surface area contributed by atoms with Gasteiger partial charge >= 0.3 is 0 Å². The summed E-state index contributed by atoms with van der Waals surface area (Å²) >= 11 is 0. The quantitative estimate of drug-likeness (QED) is 0.832. The van der Waals surface area contributed by atoms with Crippen molar-refractivity contribution in [2.24, 2.45) is 0 Å². The molecule has 0 atom stereocenters. The van der Waals surface area contributed by atoms with E-state index in [0.717, 1.165) is 0 Å². The summed E-state index contributed by atoms with van der Waals surface area (Å²) in [5.74, 6) is -0.363. The fraction of sp³-hybridized carbons (Fsp3) is 0. The Bertz CT molecular complexity index is 737. The van der Waals surface area contributed by atoms with Crippen molar-refractivity contribution in [2.75, 3.05) is 10.6 Å². The maximum atomic E-state index is 13.6. The van der Waals surface area contributed by atoms with Crippen molar-refractivity contribution in [3.8, 4) is 12.1 Å². The zero-order valence-electron chi connectivity index (χ0n) is 11.0. The molecule has 0 aromatic heterocycles. The monoisotopic (exact) mass is 278 g/mol. The summed E-state index contributed by atoms with van der Waals surface area (Å²) in [6.07, 6.45) is 1.31. The van der Waals surface area contributed by atoms with Crippen LogP contribution in [0.1, 0.15) is 0 Å². The van der Waals surface area contributed by atoms with Gasteiger partial charge in [-0.2, -0.15) is 10.5 Å². The largest absolute Gasteiger partial charge is 0.358 e. The predicted molar refractivity (Wildman–Crippen MR) is 79.1 cm³/mol. The lowest BCUT2D eigenvalue weighted by atomic mass is 10.2. The number of nitrogens with zero attached hydrogens (tertiary/aromatic N) is 2. The molecule has 21 heavy (non-hydrogen) atoms. The maximum Gasteiger partial charge on any atom is 0.146 e. The van der Waals surface area contributed by atoms with E-state index in [9.17, 15) is 4.39 Å². The van der Waals surface area contributed by atoms with Gasteiger partial charge in [0, 0.05) is 6.20 Å². The highest BCUT2D eigenvalue weighted by Gasteiger charge is 2.04. The number of anilines is 3. The number of halogens is 1. The standard InChI is InChI=1S/C16H11FN4/c17-13-5-1-2-6-14(13)21-16-8-4-3-7-15(16)20-11-12(9-18)10-19/h1-8,11,20-21H. The molecule has 0 radical (unpaired) electrons. The van der Waals surface area contributed by atoms with Crippen LogP contribution in [-0.4, -0.2) is 0 Å². The SMILES string of the molecule is N#CC(C#N)=CNc1ccccc1Nc1ccccc1F. The summed E-state index contributed by atoms with van der Waals surface area (Å²) in [7, 11) is 0. The first kappa shape index (κ1) is 14.1. The van der Waals surface area contributed by atoms with Crippen LogP contribution in [-0.2, 0) is 0 Å². The molecule has 2 aromatic carbocycles. The molecule has 0 unspecified atom stereocenters. The Hall–Kier alpha value is -3.31. The van der Waals surface area contributed by atoms with E-state index in [1.807, 2.05) is 0 Å². The number of nitriles is 2. The Morgan fingerprint density at radius 1 is 0.905 bits per heavy atom. The van der Waals surface area contributed by atoms with Crippen molar-refractivity contribution in [1.29, 1.82) is 10.5 Å². The fourth-order valence-electron chi connectivity index (χ4n) is 1.67. The van der Waals surface area contributed by atoms with Crippen LogP contribution in [0.15, 0.2) is 60.3 Å². The van der Waals surface area contributed by atoms with E-state index >= 15 is 0 Å². The Labute approximate surface area is 121 Å². The second kappa shape index (κ2) is 6.74. The minimum absolute atomic E-state index is 0.0457. The number of hydrogen-bond acceptors (Lipinski definition) is 4. The van der Waals surface area contributed by atoms with Gasteiger partial charge in [-0.05, 0) is 24.3 Å². The minimum Gasteiger partial charge on any atom is -0.358 e. The van der Waals surface area contributed by atoms with Gasteiger partial charge in [-0.25, -0.2) is 4.39 Å². The number of nitrogens with one attached hydrogen (secondary N) is 2.